The van der Waals surface area contributed by atoms with Crippen LogP contribution in [-0.2, 0) is 4.79 Å². The van der Waals surface area contributed by atoms with Gasteiger partial charge in [0.1, 0.15) is 0 Å². The Morgan fingerprint density at radius 1 is 1.00 bits per heavy atom. The number of carbonyl (C=O) groups is 2. The molecular formula is C22H29N5O2. The first-order chi connectivity index (χ1) is 14.1. The van der Waals surface area contributed by atoms with Crippen LogP contribution in [0.5, 0.6) is 0 Å². The minimum atomic E-state index is -0.106. The average molecular weight is 396 g/mol. The third-order valence-corrected chi connectivity index (χ3v) is 6.61. The van der Waals surface area contributed by atoms with Crippen molar-refractivity contribution in [2.45, 2.75) is 31.7 Å². The van der Waals surface area contributed by atoms with Gasteiger partial charge in [-0.3, -0.25) is 14.6 Å². The SMILES string of the molecule is CN(C(=O)N1CC(C(=O)N2CCCN(C3CCC3)CC2)C1)c1ccc(C#N)cc1. The summed E-state index contributed by atoms with van der Waals surface area (Å²) in [7, 11) is 1.72. The molecule has 29 heavy (non-hydrogen) atoms. The van der Waals surface area contributed by atoms with Gasteiger partial charge in [-0.05, 0) is 43.5 Å². The fourth-order valence-electron chi connectivity index (χ4n) is 4.41. The van der Waals surface area contributed by atoms with Gasteiger partial charge in [0.05, 0.1) is 17.6 Å². The zero-order valence-electron chi connectivity index (χ0n) is 17.1. The third kappa shape index (κ3) is 4.08. The van der Waals surface area contributed by atoms with Crippen molar-refractivity contribution < 1.29 is 9.59 Å². The van der Waals surface area contributed by atoms with E-state index in [-0.39, 0.29) is 17.9 Å². The lowest BCUT2D eigenvalue weighted by Gasteiger charge is -2.42. The number of rotatable bonds is 3. The van der Waals surface area contributed by atoms with E-state index in [9.17, 15) is 9.59 Å². The van der Waals surface area contributed by atoms with E-state index in [2.05, 4.69) is 11.0 Å². The molecule has 154 valence electrons. The normalized spacial score (nSPS) is 21.0. The smallest absolute Gasteiger partial charge is 0.324 e. The van der Waals surface area contributed by atoms with Gasteiger partial charge in [-0.25, -0.2) is 4.79 Å². The van der Waals surface area contributed by atoms with Gasteiger partial charge in [0.2, 0.25) is 5.91 Å². The Hall–Kier alpha value is -2.59. The van der Waals surface area contributed by atoms with Crippen LogP contribution in [0, 0.1) is 17.2 Å². The van der Waals surface area contributed by atoms with Gasteiger partial charge in [-0.15, -0.1) is 0 Å². The van der Waals surface area contributed by atoms with Crippen molar-refractivity contribution in [3.8, 4) is 6.07 Å². The van der Waals surface area contributed by atoms with Crippen LogP contribution in [0.4, 0.5) is 10.5 Å². The maximum Gasteiger partial charge on any atom is 0.324 e. The minimum absolute atomic E-state index is 0.0800. The highest BCUT2D eigenvalue weighted by molar-refractivity contribution is 5.93. The number of anilines is 1. The van der Waals surface area contributed by atoms with Crippen molar-refractivity contribution in [1.82, 2.24) is 14.7 Å². The number of carbonyl (C=O) groups excluding carboxylic acids is 2. The second-order valence-electron chi connectivity index (χ2n) is 8.40. The molecule has 1 aromatic carbocycles. The van der Waals surface area contributed by atoms with Gasteiger partial charge in [0.25, 0.3) is 0 Å². The fraction of sp³-hybridized carbons (Fsp3) is 0.591. The van der Waals surface area contributed by atoms with Gasteiger partial charge in [-0.2, -0.15) is 5.26 Å². The van der Waals surface area contributed by atoms with Crippen molar-refractivity contribution in [2.24, 2.45) is 5.92 Å². The number of likely N-dealkylation sites (tertiary alicyclic amines) is 1. The second kappa shape index (κ2) is 8.42. The number of nitriles is 1. The van der Waals surface area contributed by atoms with Crippen LogP contribution in [0.25, 0.3) is 0 Å². The van der Waals surface area contributed by atoms with Crippen LogP contribution < -0.4 is 4.90 Å². The monoisotopic (exact) mass is 395 g/mol. The standard InChI is InChI=1S/C22H29N5O2/c1-24(19-8-6-17(14-23)7-9-19)22(29)27-15-18(16-27)21(28)26-11-3-10-25(12-13-26)20-4-2-5-20/h6-9,18,20H,2-5,10-13,15-16H2,1H3. The van der Waals surface area contributed by atoms with Crippen molar-refractivity contribution in [3.05, 3.63) is 29.8 Å². The molecule has 0 unspecified atom stereocenters. The zero-order chi connectivity index (χ0) is 20.4. The van der Waals surface area contributed by atoms with E-state index in [1.165, 1.54) is 19.3 Å². The molecule has 2 heterocycles. The topological polar surface area (TPSA) is 70.9 Å². The molecule has 1 saturated carbocycles. The molecule has 3 fully saturated rings. The molecule has 1 aliphatic carbocycles. The molecule has 4 rings (SSSR count). The van der Waals surface area contributed by atoms with Gasteiger partial charge in [0, 0.05) is 58.0 Å². The fourth-order valence-corrected chi connectivity index (χ4v) is 4.41. The molecular weight excluding hydrogens is 366 g/mol. The molecule has 2 aliphatic heterocycles. The molecule has 3 aliphatic rings. The van der Waals surface area contributed by atoms with Crippen LogP contribution in [-0.4, -0.2) is 79.0 Å². The molecule has 0 radical (unpaired) electrons. The van der Waals surface area contributed by atoms with E-state index in [1.807, 2.05) is 4.90 Å². The first-order valence-electron chi connectivity index (χ1n) is 10.6. The Bertz CT molecular complexity index is 792. The molecule has 0 atom stereocenters. The maximum atomic E-state index is 12.9. The number of urea groups is 1. The summed E-state index contributed by atoms with van der Waals surface area (Å²) in [6, 6.07) is 9.65. The number of amides is 3. The molecule has 7 nitrogen and oxygen atoms in total. The van der Waals surface area contributed by atoms with E-state index in [0.29, 0.717) is 18.7 Å². The van der Waals surface area contributed by atoms with Crippen molar-refractivity contribution in [1.29, 1.82) is 5.26 Å². The van der Waals surface area contributed by atoms with E-state index in [0.717, 1.165) is 44.3 Å². The third-order valence-electron chi connectivity index (χ3n) is 6.61. The summed E-state index contributed by atoms with van der Waals surface area (Å²) in [6.07, 6.45) is 4.99. The molecule has 1 aromatic rings. The van der Waals surface area contributed by atoms with Gasteiger partial charge >= 0.3 is 6.03 Å². The highest BCUT2D eigenvalue weighted by Gasteiger charge is 2.39. The van der Waals surface area contributed by atoms with Crippen LogP contribution in [0.2, 0.25) is 0 Å². The first-order valence-corrected chi connectivity index (χ1v) is 10.6. The molecule has 7 heteroatoms. The maximum absolute atomic E-state index is 12.9. The largest absolute Gasteiger partial charge is 0.341 e. The Balaban J connectivity index is 1.26. The Labute approximate surface area is 172 Å². The second-order valence-corrected chi connectivity index (χ2v) is 8.40. The lowest BCUT2D eigenvalue weighted by atomic mass is 9.91. The number of benzene rings is 1. The summed E-state index contributed by atoms with van der Waals surface area (Å²) in [4.78, 5) is 33.4. The van der Waals surface area contributed by atoms with E-state index in [1.54, 1.807) is 41.1 Å². The lowest BCUT2D eigenvalue weighted by Crippen LogP contribution is -2.59. The minimum Gasteiger partial charge on any atom is -0.341 e. The Kier molecular flexibility index (Phi) is 5.72. The predicted molar refractivity (Wildman–Crippen MR) is 110 cm³/mol. The summed E-state index contributed by atoms with van der Waals surface area (Å²) in [5.74, 6) is 0.120. The van der Waals surface area contributed by atoms with Crippen LogP contribution in [0.3, 0.4) is 0 Å². The first kappa shape index (κ1) is 19.7. The van der Waals surface area contributed by atoms with Crippen molar-refractivity contribution in [3.63, 3.8) is 0 Å². The lowest BCUT2D eigenvalue weighted by molar-refractivity contribution is -0.139. The van der Waals surface area contributed by atoms with Crippen molar-refractivity contribution in [2.75, 3.05) is 51.2 Å². The Morgan fingerprint density at radius 2 is 1.72 bits per heavy atom. The number of hydrogen-bond donors (Lipinski definition) is 0. The highest BCUT2D eigenvalue weighted by atomic mass is 16.2. The summed E-state index contributed by atoms with van der Waals surface area (Å²) in [6.45, 7) is 4.69. The molecule has 0 N–H and O–H groups in total. The molecule has 2 saturated heterocycles. The predicted octanol–water partition coefficient (Wildman–Crippen LogP) is 2.13. The summed E-state index contributed by atoms with van der Waals surface area (Å²) >= 11 is 0. The van der Waals surface area contributed by atoms with Crippen LogP contribution in [0.1, 0.15) is 31.2 Å². The molecule has 0 spiro atoms. The summed E-state index contributed by atoms with van der Waals surface area (Å²) < 4.78 is 0. The van der Waals surface area contributed by atoms with Crippen LogP contribution >= 0.6 is 0 Å². The van der Waals surface area contributed by atoms with Gasteiger partial charge in [0.15, 0.2) is 0 Å². The van der Waals surface area contributed by atoms with E-state index < -0.39 is 0 Å². The summed E-state index contributed by atoms with van der Waals surface area (Å²) in [5.41, 5.74) is 1.31. The Morgan fingerprint density at radius 3 is 2.34 bits per heavy atom. The van der Waals surface area contributed by atoms with E-state index >= 15 is 0 Å². The summed E-state index contributed by atoms with van der Waals surface area (Å²) in [5, 5.41) is 8.90. The van der Waals surface area contributed by atoms with Gasteiger partial charge in [-0.1, -0.05) is 6.42 Å². The molecule has 3 amide bonds. The van der Waals surface area contributed by atoms with Crippen LogP contribution in [0.15, 0.2) is 24.3 Å². The van der Waals surface area contributed by atoms with E-state index in [4.69, 9.17) is 5.26 Å². The molecule has 0 bridgehead atoms. The zero-order valence-corrected chi connectivity index (χ0v) is 17.1. The number of nitrogens with zero attached hydrogens (tertiary/aromatic N) is 5. The van der Waals surface area contributed by atoms with Crippen molar-refractivity contribution >= 4 is 17.6 Å². The highest BCUT2D eigenvalue weighted by Crippen LogP contribution is 2.27. The molecule has 0 aromatic heterocycles. The quantitative estimate of drug-likeness (QED) is 0.786. The number of hydrogen-bond acceptors (Lipinski definition) is 4. The van der Waals surface area contributed by atoms with Gasteiger partial charge < -0.3 is 9.80 Å². The average Bonchev–Trinajstić information content (AvgIpc) is 2.91.